The second-order valence-corrected chi connectivity index (χ2v) is 3.94. The van der Waals surface area contributed by atoms with Crippen LogP contribution < -0.4 is 5.32 Å². The molecule has 84 valence electrons. The monoisotopic (exact) mass is 230 g/mol. The zero-order chi connectivity index (χ0) is 11.3. The number of thiazole rings is 1. The molecule has 1 aromatic heterocycles. The molecule has 15 heavy (non-hydrogen) atoms. The summed E-state index contributed by atoms with van der Waals surface area (Å²) in [6.45, 7) is 2.19. The fourth-order valence-electron chi connectivity index (χ4n) is 0.961. The Labute approximate surface area is 92.1 Å². The average Bonchev–Trinajstić information content (AvgIpc) is 2.60. The number of aliphatic hydroxyl groups is 1. The van der Waals surface area contributed by atoms with Crippen LogP contribution in [0.2, 0.25) is 0 Å². The van der Waals surface area contributed by atoms with Gasteiger partial charge in [-0.2, -0.15) is 0 Å². The van der Waals surface area contributed by atoms with Crippen LogP contribution in [0, 0.1) is 6.92 Å². The van der Waals surface area contributed by atoms with E-state index in [-0.39, 0.29) is 6.42 Å². The van der Waals surface area contributed by atoms with Crippen molar-refractivity contribution < 1.29 is 14.6 Å². The highest BCUT2D eigenvalue weighted by Gasteiger charge is 2.15. The van der Waals surface area contributed by atoms with Gasteiger partial charge in [0.15, 0.2) is 5.13 Å². The van der Waals surface area contributed by atoms with Crippen molar-refractivity contribution in [2.75, 3.05) is 19.0 Å². The molecule has 0 radical (unpaired) electrons. The smallest absolute Gasteiger partial charge is 0.255 e. The maximum Gasteiger partial charge on any atom is 0.255 e. The van der Waals surface area contributed by atoms with E-state index in [1.165, 1.54) is 18.4 Å². The van der Waals surface area contributed by atoms with Gasteiger partial charge < -0.3 is 9.84 Å². The molecule has 0 bridgehead atoms. The summed E-state index contributed by atoms with van der Waals surface area (Å²) in [5.74, 6) is -0.443. The van der Waals surface area contributed by atoms with Gasteiger partial charge in [0, 0.05) is 25.5 Å². The zero-order valence-electron chi connectivity index (χ0n) is 8.69. The molecular weight excluding hydrogens is 216 g/mol. The lowest BCUT2D eigenvalue weighted by Gasteiger charge is -2.08. The maximum atomic E-state index is 11.4. The molecule has 2 N–H and O–H groups in total. The molecule has 1 heterocycles. The van der Waals surface area contributed by atoms with E-state index in [2.05, 4.69) is 10.3 Å². The van der Waals surface area contributed by atoms with Crippen molar-refractivity contribution in [1.29, 1.82) is 0 Å². The average molecular weight is 230 g/mol. The van der Waals surface area contributed by atoms with E-state index in [1.54, 1.807) is 0 Å². The lowest BCUT2D eigenvalue weighted by molar-refractivity contribution is -0.124. The van der Waals surface area contributed by atoms with Crippen LogP contribution in [0.25, 0.3) is 0 Å². The molecule has 1 aromatic rings. The van der Waals surface area contributed by atoms with E-state index in [0.29, 0.717) is 11.7 Å². The second kappa shape index (κ2) is 5.79. The minimum Gasteiger partial charge on any atom is -0.385 e. The highest BCUT2D eigenvalue weighted by atomic mass is 32.1. The topological polar surface area (TPSA) is 71.5 Å². The molecule has 0 saturated heterocycles. The second-order valence-electron chi connectivity index (χ2n) is 3.08. The number of anilines is 1. The lowest BCUT2D eigenvalue weighted by atomic mass is 10.2. The molecule has 0 saturated carbocycles. The van der Waals surface area contributed by atoms with Crippen molar-refractivity contribution in [1.82, 2.24) is 4.98 Å². The molecule has 6 heteroatoms. The predicted octanol–water partition coefficient (Wildman–Crippen LogP) is 0.787. The summed E-state index contributed by atoms with van der Waals surface area (Å²) in [6.07, 6.45) is -0.763. The van der Waals surface area contributed by atoms with E-state index in [9.17, 15) is 9.90 Å². The first kappa shape index (κ1) is 12.1. The number of ether oxygens (including phenoxy) is 1. The lowest BCUT2D eigenvalue weighted by Crippen LogP contribution is -2.28. The number of carbonyl (C=O) groups is 1. The summed E-state index contributed by atoms with van der Waals surface area (Å²) >= 11 is 1.33. The molecule has 1 rings (SSSR count). The number of methoxy groups -OCH3 is 1. The summed E-state index contributed by atoms with van der Waals surface area (Å²) in [4.78, 5) is 15.4. The maximum absolute atomic E-state index is 11.4. The Kier molecular flexibility index (Phi) is 4.67. The summed E-state index contributed by atoms with van der Waals surface area (Å²) in [6, 6.07) is 0. The van der Waals surface area contributed by atoms with Crippen molar-refractivity contribution in [3.8, 4) is 0 Å². The Morgan fingerprint density at radius 1 is 1.80 bits per heavy atom. The third kappa shape index (κ3) is 3.94. The predicted molar refractivity (Wildman–Crippen MR) is 58.0 cm³/mol. The zero-order valence-corrected chi connectivity index (χ0v) is 9.50. The van der Waals surface area contributed by atoms with Crippen molar-refractivity contribution in [2.45, 2.75) is 19.4 Å². The van der Waals surface area contributed by atoms with Gasteiger partial charge in [0.1, 0.15) is 6.10 Å². The quantitative estimate of drug-likeness (QED) is 0.784. The van der Waals surface area contributed by atoms with Crippen molar-refractivity contribution >= 4 is 22.4 Å². The van der Waals surface area contributed by atoms with Crippen LogP contribution in [0.15, 0.2) is 5.38 Å². The molecule has 1 atom stereocenters. The Balaban J connectivity index is 2.41. The van der Waals surface area contributed by atoms with Crippen molar-refractivity contribution in [2.24, 2.45) is 0 Å². The third-order valence-corrected chi connectivity index (χ3v) is 2.62. The van der Waals surface area contributed by atoms with Gasteiger partial charge in [0.05, 0.1) is 5.69 Å². The molecule has 1 unspecified atom stereocenters. The molecule has 0 aromatic carbocycles. The Hall–Kier alpha value is -0.980. The molecule has 5 nitrogen and oxygen atoms in total. The number of rotatable bonds is 5. The van der Waals surface area contributed by atoms with Crippen LogP contribution in [0.4, 0.5) is 5.13 Å². The van der Waals surface area contributed by atoms with Gasteiger partial charge in [-0.3, -0.25) is 10.1 Å². The van der Waals surface area contributed by atoms with Crippen molar-refractivity contribution in [3.63, 3.8) is 0 Å². The summed E-state index contributed by atoms with van der Waals surface area (Å²) in [7, 11) is 1.52. The SMILES string of the molecule is COCCC(O)C(=O)Nc1nc(C)cs1. The molecular formula is C9H14N2O3S. The van der Waals surface area contributed by atoms with Gasteiger partial charge in [0.25, 0.3) is 5.91 Å². The number of nitrogens with zero attached hydrogens (tertiary/aromatic N) is 1. The first-order chi connectivity index (χ1) is 7.13. The number of carbonyl (C=O) groups excluding carboxylic acids is 1. The van der Waals surface area contributed by atoms with Crippen LogP contribution >= 0.6 is 11.3 Å². The van der Waals surface area contributed by atoms with Gasteiger partial charge in [-0.05, 0) is 6.92 Å². The van der Waals surface area contributed by atoms with Crippen molar-refractivity contribution in [3.05, 3.63) is 11.1 Å². The Bertz CT molecular complexity index is 327. The number of hydrogen-bond donors (Lipinski definition) is 2. The molecule has 0 aliphatic carbocycles. The van der Waals surface area contributed by atoms with Gasteiger partial charge in [-0.25, -0.2) is 4.98 Å². The van der Waals surface area contributed by atoms with Gasteiger partial charge in [0.2, 0.25) is 0 Å². The fraction of sp³-hybridized carbons (Fsp3) is 0.556. The number of nitrogens with one attached hydrogen (secondary N) is 1. The summed E-state index contributed by atoms with van der Waals surface area (Å²) in [5, 5.41) is 14.3. The van der Waals surface area contributed by atoms with E-state index < -0.39 is 12.0 Å². The number of aryl methyl sites for hydroxylation is 1. The molecule has 0 aliphatic rings. The largest absolute Gasteiger partial charge is 0.385 e. The summed E-state index contributed by atoms with van der Waals surface area (Å²) < 4.78 is 4.76. The minimum atomic E-state index is -1.05. The normalized spacial score (nSPS) is 12.5. The fourth-order valence-corrected chi connectivity index (χ4v) is 1.65. The minimum absolute atomic E-state index is 0.284. The molecule has 0 fully saturated rings. The number of aromatic nitrogens is 1. The summed E-state index contributed by atoms with van der Waals surface area (Å²) in [5.41, 5.74) is 0.849. The van der Waals surface area contributed by atoms with E-state index in [4.69, 9.17) is 4.74 Å². The Morgan fingerprint density at radius 2 is 2.53 bits per heavy atom. The third-order valence-electron chi connectivity index (χ3n) is 1.75. The molecule has 0 spiro atoms. The van der Waals surface area contributed by atoms with Crippen LogP contribution in [-0.4, -0.2) is 35.8 Å². The van der Waals surface area contributed by atoms with Crippen LogP contribution in [0.1, 0.15) is 12.1 Å². The number of hydrogen-bond acceptors (Lipinski definition) is 5. The highest BCUT2D eigenvalue weighted by molar-refractivity contribution is 7.13. The van der Waals surface area contributed by atoms with E-state index in [1.807, 2.05) is 12.3 Å². The number of aliphatic hydroxyl groups excluding tert-OH is 1. The van der Waals surface area contributed by atoms with Gasteiger partial charge in [-0.1, -0.05) is 0 Å². The first-order valence-electron chi connectivity index (χ1n) is 4.53. The van der Waals surface area contributed by atoms with Gasteiger partial charge in [-0.15, -0.1) is 11.3 Å². The van der Waals surface area contributed by atoms with Crippen LogP contribution in [0.5, 0.6) is 0 Å². The van der Waals surface area contributed by atoms with Gasteiger partial charge >= 0.3 is 0 Å². The van der Waals surface area contributed by atoms with E-state index in [0.717, 1.165) is 5.69 Å². The highest BCUT2D eigenvalue weighted by Crippen LogP contribution is 2.14. The first-order valence-corrected chi connectivity index (χ1v) is 5.41. The number of amides is 1. The van der Waals surface area contributed by atoms with Crippen LogP contribution in [-0.2, 0) is 9.53 Å². The Morgan fingerprint density at radius 3 is 3.07 bits per heavy atom. The standard InChI is InChI=1S/C9H14N2O3S/c1-6-5-15-9(10-6)11-8(13)7(12)3-4-14-2/h5,7,12H,3-4H2,1-2H3,(H,10,11,13). The molecule has 1 amide bonds. The van der Waals surface area contributed by atoms with E-state index >= 15 is 0 Å². The van der Waals surface area contributed by atoms with Crippen LogP contribution in [0.3, 0.4) is 0 Å². The molecule has 0 aliphatic heterocycles.